The lowest BCUT2D eigenvalue weighted by molar-refractivity contribution is -0.159. The van der Waals surface area contributed by atoms with E-state index in [1.807, 2.05) is 6.07 Å². The average Bonchev–Trinajstić information content (AvgIpc) is 2.63. The van der Waals surface area contributed by atoms with E-state index in [-0.39, 0.29) is 10.9 Å². The van der Waals surface area contributed by atoms with E-state index in [4.69, 9.17) is 17.0 Å². The van der Waals surface area contributed by atoms with Crippen LogP contribution in [-0.4, -0.2) is 35.4 Å². The van der Waals surface area contributed by atoms with Crippen LogP contribution in [0.4, 0.5) is 0 Å². The van der Waals surface area contributed by atoms with E-state index < -0.39 is 29.3 Å². The van der Waals surface area contributed by atoms with Gasteiger partial charge < -0.3 is 15.4 Å². The number of Topliss-reactive ketones (excluding diaryl/α,β-unsaturated/α-hetero) is 1. The van der Waals surface area contributed by atoms with Crippen molar-refractivity contribution in [2.45, 2.75) is 69.7 Å². The molecule has 148 valence electrons. The van der Waals surface area contributed by atoms with Crippen LogP contribution in [-0.2, 0) is 19.1 Å². The molecule has 0 aromatic rings. The second-order valence-corrected chi connectivity index (χ2v) is 7.66. The van der Waals surface area contributed by atoms with Gasteiger partial charge in [-0.3, -0.25) is 9.59 Å². The Labute approximate surface area is 165 Å². The normalized spacial score (nSPS) is 30.7. The molecule has 7 nitrogen and oxygen atoms in total. The van der Waals surface area contributed by atoms with Gasteiger partial charge in [-0.05, 0) is 25.1 Å². The van der Waals surface area contributed by atoms with Crippen molar-refractivity contribution in [2.75, 3.05) is 7.11 Å². The number of carbonyl (C=O) groups excluding carboxylic acids is 3. The number of rotatable bonds is 2. The first-order chi connectivity index (χ1) is 13.0. The summed E-state index contributed by atoms with van der Waals surface area (Å²) in [6.07, 6.45) is 8.59. The third-order valence-corrected chi connectivity index (χ3v) is 5.74. The van der Waals surface area contributed by atoms with Gasteiger partial charge in [0.1, 0.15) is 5.78 Å². The molecule has 2 aliphatic rings. The number of hydrogen-bond donors (Lipinski definition) is 2. The number of hydrogen-bond acceptors (Lipinski definition) is 6. The summed E-state index contributed by atoms with van der Waals surface area (Å²) in [7, 11) is 1.19. The van der Waals surface area contributed by atoms with Crippen molar-refractivity contribution < 1.29 is 19.1 Å². The third-order valence-electron chi connectivity index (χ3n) is 5.53. The van der Waals surface area contributed by atoms with Crippen LogP contribution in [0.3, 0.4) is 0 Å². The van der Waals surface area contributed by atoms with Crippen LogP contribution in [0.5, 0.6) is 0 Å². The number of ether oxygens (including phenoxy) is 1. The molecular formula is C19H27N3O4S. The number of thiocarbonyl (C=S) groups is 1. The standard InChI is InChI=1S/C19H27N3O4S/c1-26-17(25)19(14(12-20)16(24)21-18(27)22-19)13-10-8-6-4-2-3-5-7-9-11-15(13)23/h13-14H,2-11H2,1H3,(H2,21,22,24,27)/t13-,14+,19+/m1/s1. The highest BCUT2D eigenvalue weighted by Crippen LogP contribution is 2.36. The first kappa shape index (κ1) is 21.3. The maximum absolute atomic E-state index is 13.1. The zero-order chi connectivity index (χ0) is 19.9. The van der Waals surface area contributed by atoms with Gasteiger partial charge in [0.25, 0.3) is 0 Å². The summed E-state index contributed by atoms with van der Waals surface area (Å²) in [5.41, 5.74) is -1.77. The molecule has 0 spiro atoms. The number of nitrogens with one attached hydrogen (secondary N) is 2. The Hall–Kier alpha value is -2.01. The molecule has 0 unspecified atom stereocenters. The van der Waals surface area contributed by atoms with E-state index in [0.717, 1.165) is 44.9 Å². The van der Waals surface area contributed by atoms with Gasteiger partial charge >= 0.3 is 5.97 Å². The lowest BCUT2D eigenvalue weighted by Crippen LogP contribution is -2.73. The van der Waals surface area contributed by atoms with E-state index in [0.29, 0.717) is 12.8 Å². The van der Waals surface area contributed by atoms with Gasteiger partial charge in [0.2, 0.25) is 5.91 Å². The van der Waals surface area contributed by atoms with Gasteiger partial charge in [-0.1, -0.05) is 44.9 Å². The van der Waals surface area contributed by atoms with Crippen LogP contribution in [0, 0.1) is 23.2 Å². The minimum atomic E-state index is -1.77. The second kappa shape index (κ2) is 9.79. The molecule has 0 bridgehead atoms. The molecule has 2 N–H and O–H groups in total. The second-order valence-electron chi connectivity index (χ2n) is 7.25. The maximum atomic E-state index is 13.1. The number of nitrogens with zero attached hydrogens (tertiary/aromatic N) is 1. The molecule has 2 rings (SSSR count). The van der Waals surface area contributed by atoms with E-state index in [1.165, 1.54) is 13.5 Å². The lowest BCUT2D eigenvalue weighted by atomic mass is 9.68. The van der Waals surface area contributed by atoms with Crippen LogP contribution < -0.4 is 10.6 Å². The molecular weight excluding hydrogens is 366 g/mol. The van der Waals surface area contributed by atoms with Crippen LogP contribution >= 0.6 is 12.2 Å². The van der Waals surface area contributed by atoms with Crippen LogP contribution in [0.1, 0.15) is 64.2 Å². The molecule has 27 heavy (non-hydrogen) atoms. The fourth-order valence-corrected chi connectivity index (χ4v) is 4.41. The Bertz CT molecular complexity index is 645. The summed E-state index contributed by atoms with van der Waals surface area (Å²) < 4.78 is 4.95. The molecule has 2 fully saturated rings. The van der Waals surface area contributed by atoms with Crippen LogP contribution in [0.15, 0.2) is 0 Å². The summed E-state index contributed by atoms with van der Waals surface area (Å²) in [5, 5.41) is 14.8. The summed E-state index contributed by atoms with van der Waals surface area (Å²) >= 11 is 5.08. The summed E-state index contributed by atoms with van der Waals surface area (Å²) in [5.74, 6) is -3.81. The highest BCUT2D eigenvalue weighted by molar-refractivity contribution is 7.80. The zero-order valence-electron chi connectivity index (χ0n) is 15.7. The predicted octanol–water partition coefficient (Wildman–Crippen LogP) is 2.14. The molecule has 0 aromatic heterocycles. The van der Waals surface area contributed by atoms with Gasteiger partial charge in [-0.2, -0.15) is 5.26 Å². The number of ketones is 1. The van der Waals surface area contributed by atoms with E-state index in [1.54, 1.807) is 0 Å². The highest BCUT2D eigenvalue weighted by atomic mass is 32.1. The maximum Gasteiger partial charge on any atom is 0.334 e. The van der Waals surface area contributed by atoms with E-state index in [2.05, 4.69) is 10.6 Å². The van der Waals surface area contributed by atoms with Crippen molar-refractivity contribution in [3.8, 4) is 6.07 Å². The monoisotopic (exact) mass is 393 g/mol. The van der Waals surface area contributed by atoms with Gasteiger partial charge in [0.05, 0.1) is 19.1 Å². The number of amides is 1. The van der Waals surface area contributed by atoms with Gasteiger partial charge in [-0.15, -0.1) is 0 Å². The first-order valence-electron chi connectivity index (χ1n) is 9.61. The van der Waals surface area contributed by atoms with Gasteiger partial charge in [0.15, 0.2) is 16.6 Å². The molecule has 1 heterocycles. The Morgan fingerprint density at radius 1 is 1.15 bits per heavy atom. The average molecular weight is 394 g/mol. The van der Waals surface area contributed by atoms with E-state index in [9.17, 15) is 19.6 Å². The van der Waals surface area contributed by atoms with Crippen molar-refractivity contribution >= 4 is 35.0 Å². The summed E-state index contributed by atoms with van der Waals surface area (Å²) in [6, 6.07) is 1.90. The largest absolute Gasteiger partial charge is 0.467 e. The van der Waals surface area contributed by atoms with Crippen molar-refractivity contribution in [3.05, 3.63) is 0 Å². The minimum Gasteiger partial charge on any atom is -0.467 e. The quantitative estimate of drug-likeness (QED) is 0.546. The third kappa shape index (κ3) is 4.64. The van der Waals surface area contributed by atoms with Crippen LogP contribution in [0.25, 0.3) is 0 Å². The smallest absolute Gasteiger partial charge is 0.334 e. The molecule has 8 heteroatoms. The van der Waals surface area contributed by atoms with Crippen molar-refractivity contribution in [2.24, 2.45) is 11.8 Å². The molecule has 1 saturated heterocycles. The molecule has 1 aliphatic heterocycles. The Morgan fingerprint density at radius 3 is 2.33 bits per heavy atom. The Balaban J connectivity index is 2.44. The van der Waals surface area contributed by atoms with E-state index >= 15 is 0 Å². The molecule has 1 aliphatic carbocycles. The van der Waals surface area contributed by atoms with Gasteiger partial charge in [0, 0.05) is 6.42 Å². The number of methoxy groups -OCH3 is 1. The Morgan fingerprint density at radius 2 is 1.74 bits per heavy atom. The van der Waals surface area contributed by atoms with Crippen molar-refractivity contribution in [3.63, 3.8) is 0 Å². The number of nitriles is 1. The molecule has 0 aromatic carbocycles. The number of esters is 1. The Kier molecular flexibility index (Phi) is 7.72. The molecule has 1 amide bonds. The van der Waals surface area contributed by atoms with Crippen LogP contribution in [0.2, 0.25) is 0 Å². The fourth-order valence-electron chi connectivity index (χ4n) is 4.14. The minimum absolute atomic E-state index is 0.0594. The number of carbonyl (C=O) groups is 3. The lowest BCUT2D eigenvalue weighted by Gasteiger charge is -2.44. The first-order valence-corrected chi connectivity index (χ1v) is 10.0. The van der Waals surface area contributed by atoms with Gasteiger partial charge in [-0.25, -0.2) is 4.79 Å². The van der Waals surface area contributed by atoms with Crippen molar-refractivity contribution in [1.29, 1.82) is 5.26 Å². The fraction of sp³-hybridized carbons (Fsp3) is 0.737. The topological polar surface area (TPSA) is 108 Å². The molecule has 1 saturated carbocycles. The SMILES string of the molecule is COC(=O)[C@@]1([C@@H]2CCCCCCCCCCC2=O)NC(=S)NC(=O)[C@@H]1C#N. The highest BCUT2D eigenvalue weighted by Gasteiger charge is 2.60. The molecule has 3 atom stereocenters. The summed E-state index contributed by atoms with van der Waals surface area (Å²) in [4.78, 5) is 38.4. The summed E-state index contributed by atoms with van der Waals surface area (Å²) in [6.45, 7) is 0. The van der Waals surface area contributed by atoms with Crippen molar-refractivity contribution in [1.82, 2.24) is 10.6 Å². The zero-order valence-corrected chi connectivity index (χ0v) is 16.5. The molecule has 0 radical (unpaired) electrons. The predicted molar refractivity (Wildman–Crippen MR) is 102 cm³/mol.